The quantitative estimate of drug-likeness (QED) is 0.620. The molecule has 0 amide bonds. The first-order valence-corrected chi connectivity index (χ1v) is 6.80. The van der Waals surface area contributed by atoms with Crippen molar-refractivity contribution in [2.24, 2.45) is 35.0 Å². The first-order chi connectivity index (χ1) is 7.36. The highest BCUT2D eigenvalue weighted by Crippen LogP contribution is 2.70. The molecule has 92 valence electrons. The Balaban J connectivity index is 1.94. The molecular weight excluding hydrogens is 200 g/mol. The highest BCUT2D eigenvalue weighted by Gasteiger charge is 2.67. The summed E-state index contributed by atoms with van der Waals surface area (Å²) in [6.45, 7) is 7.04. The Morgan fingerprint density at radius 2 is 1.69 bits per heavy atom. The summed E-state index contributed by atoms with van der Waals surface area (Å²) in [5.41, 5.74) is 0.456. The van der Waals surface area contributed by atoms with Crippen LogP contribution < -0.4 is 0 Å². The van der Waals surface area contributed by atoms with Gasteiger partial charge in [-0.05, 0) is 48.3 Å². The van der Waals surface area contributed by atoms with Crippen molar-refractivity contribution in [2.45, 2.75) is 52.2 Å². The van der Waals surface area contributed by atoms with Crippen LogP contribution in [0.1, 0.15) is 46.5 Å². The van der Waals surface area contributed by atoms with Crippen LogP contribution in [-0.4, -0.2) is 16.0 Å². The van der Waals surface area contributed by atoms with E-state index in [4.69, 9.17) is 0 Å². The Bertz CT molecular complexity index is 308. The molecule has 0 spiro atoms. The molecule has 5 atom stereocenters. The van der Waals surface area contributed by atoms with Crippen LogP contribution in [0.15, 0.2) is 0 Å². The molecule has 0 aromatic rings. The van der Waals surface area contributed by atoms with Gasteiger partial charge in [0.1, 0.15) is 0 Å². The second-order valence-corrected chi connectivity index (χ2v) is 7.11. The molecule has 16 heavy (non-hydrogen) atoms. The molecule has 3 fully saturated rings. The third kappa shape index (κ3) is 1.26. The van der Waals surface area contributed by atoms with E-state index >= 15 is 0 Å². The van der Waals surface area contributed by atoms with Gasteiger partial charge in [0, 0.05) is 12.3 Å². The minimum atomic E-state index is -1.38. The third-order valence-electron chi connectivity index (χ3n) is 6.03. The van der Waals surface area contributed by atoms with Gasteiger partial charge in [-0.25, -0.2) is 0 Å². The topological polar surface area (TPSA) is 40.5 Å². The monoisotopic (exact) mass is 224 g/mol. The smallest absolute Gasteiger partial charge is 0.165 e. The van der Waals surface area contributed by atoms with E-state index in [1.165, 1.54) is 6.42 Å². The molecule has 0 aromatic heterocycles. The number of aliphatic hydroxyl groups is 2. The zero-order valence-electron chi connectivity index (χ0n) is 10.6. The van der Waals surface area contributed by atoms with Crippen molar-refractivity contribution < 1.29 is 10.2 Å². The molecule has 0 heterocycles. The summed E-state index contributed by atoms with van der Waals surface area (Å²) in [7, 11) is 0. The summed E-state index contributed by atoms with van der Waals surface area (Å²) >= 11 is 0. The van der Waals surface area contributed by atoms with Gasteiger partial charge in [0.2, 0.25) is 0 Å². The Labute approximate surface area is 98.1 Å². The van der Waals surface area contributed by atoms with Gasteiger partial charge in [0.05, 0.1) is 0 Å². The molecule has 0 saturated heterocycles. The molecule has 0 radical (unpaired) electrons. The molecule has 3 aliphatic carbocycles. The van der Waals surface area contributed by atoms with Crippen LogP contribution in [0.5, 0.6) is 0 Å². The van der Waals surface area contributed by atoms with E-state index < -0.39 is 5.79 Å². The summed E-state index contributed by atoms with van der Waals surface area (Å²) < 4.78 is 0. The average Bonchev–Trinajstić information content (AvgIpc) is 2.51. The molecular formula is C14H24O2. The normalized spacial score (nSPS) is 52.7. The first-order valence-electron chi connectivity index (χ1n) is 6.80. The molecule has 0 aliphatic heterocycles. The molecule has 0 bridgehead atoms. The van der Waals surface area contributed by atoms with Gasteiger partial charge in [-0.3, -0.25) is 0 Å². The molecule has 3 rings (SSSR count). The highest BCUT2D eigenvalue weighted by molar-refractivity contribution is 5.14. The van der Waals surface area contributed by atoms with Crippen molar-refractivity contribution in [1.82, 2.24) is 0 Å². The van der Waals surface area contributed by atoms with Gasteiger partial charge < -0.3 is 10.2 Å². The van der Waals surface area contributed by atoms with Crippen molar-refractivity contribution in [1.29, 1.82) is 0 Å². The summed E-state index contributed by atoms with van der Waals surface area (Å²) in [4.78, 5) is 0. The molecule has 3 aliphatic rings. The van der Waals surface area contributed by atoms with Crippen molar-refractivity contribution in [3.8, 4) is 0 Å². The Morgan fingerprint density at radius 3 is 2.38 bits per heavy atom. The Morgan fingerprint density at radius 1 is 1.00 bits per heavy atom. The van der Waals surface area contributed by atoms with Crippen LogP contribution in [0.2, 0.25) is 0 Å². The molecule has 0 unspecified atom stereocenters. The minimum Gasteiger partial charge on any atom is -0.365 e. The van der Waals surface area contributed by atoms with Crippen LogP contribution in [0.3, 0.4) is 0 Å². The van der Waals surface area contributed by atoms with Gasteiger partial charge in [-0.15, -0.1) is 0 Å². The summed E-state index contributed by atoms with van der Waals surface area (Å²) in [6, 6.07) is 0. The van der Waals surface area contributed by atoms with Crippen molar-refractivity contribution in [3.63, 3.8) is 0 Å². The van der Waals surface area contributed by atoms with E-state index in [0.717, 1.165) is 24.7 Å². The van der Waals surface area contributed by atoms with E-state index in [2.05, 4.69) is 20.8 Å². The zero-order valence-corrected chi connectivity index (χ0v) is 10.6. The zero-order chi connectivity index (χ0) is 11.7. The fourth-order valence-corrected chi connectivity index (χ4v) is 5.02. The molecule has 3 saturated carbocycles. The highest BCUT2D eigenvalue weighted by atomic mass is 16.5. The molecule has 0 aromatic carbocycles. The largest absolute Gasteiger partial charge is 0.365 e. The Kier molecular flexibility index (Phi) is 2.09. The van der Waals surface area contributed by atoms with Crippen molar-refractivity contribution >= 4 is 0 Å². The van der Waals surface area contributed by atoms with Gasteiger partial charge in [0.15, 0.2) is 5.79 Å². The average molecular weight is 224 g/mol. The van der Waals surface area contributed by atoms with Crippen LogP contribution in [0.4, 0.5) is 0 Å². The fourth-order valence-electron chi connectivity index (χ4n) is 5.02. The molecule has 2 heteroatoms. The van der Waals surface area contributed by atoms with E-state index in [1.54, 1.807) is 0 Å². The van der Waals surface area contributed by atoms with Crippen LogP contribution in [0.25, 0.3) is 0 Å². The maximum atomic E-state index is 10.2. The summed E-state index contributed by atoms with van der Waals surface area (Å²) in [5.74, 6) is 1.48. The lowest BCUT2D eigenvalue weighted by atomic mass is 9.79. The van der Waals surface area contributed by atoms with Crippen LogP contribution in [-0.2, 0) is 0 Å². The van der Waals surface area contributed by atoms with Gasteiger partial charge in [-0.2, -0.15) is 0 Å². The van der Waals surface area contributed by atoms with E-state index in [-0.39, 0.29) is 5.92 Å². The van der Waals surface area contributed by atoms with Crippen LogP contribution in [0, 0.1) is 35.0 Å². The maximum Gasteiger partial charge on any atom is 0.165 e. The number of hydrogen-bond donors (Lipinski definition) is 2. The van der Waals surface area contributed by atoms with Gasteiger partial charge in [0.25, 0.3) is 0 Å². The lowest BCUT2D eigenvalue weighted by Crippen LogP contribution is -2.40. The molecule has 2 nitrogen and oxygen atoms in total. The predicted octanol–water partition coefficient (Wildman–Crippen LogP) is 2.40. The summed E-state index contributed by atoms with van der Waals surface area (Å²) in [5, 5.41) is 20.4. The van der Waals surface area contributed by atoms with Crippen molar-refractivity contribution in [3.05, 3.63) is 0 Å². The lowest BCUT2D eigenvalue weighted by Gasteiger charge is -2.34. The van der Waals surface area contributed by atoms with Gasteiger partial charge in [-0.1, -0.05) is 20.8 Å². The number of rotatable bonds is 0. The standard InChI is InChI=1S/C14H24O2/c1-8-4-5-9-11(8)12-10(13(12,2)3)6-7-14(9,15)16/h8-12,15-16H,4-7H2,1-3H3/t8-,9-,10-,11+,12+/m0/s1. The van der Waals surface area contributed by atoms with E-state index in [0.29, 0.717) is 23.7 Å². The van der Waals surface area contributed by atoms with Gasteiger partial charge >= 0.3 is 0 Å². The minimum absolute atomic E-state index is 0.138. The second kappa shape index (κ2) is 3.02. The van der Waals surface area contributed by atoms with E-state index in [9.17, 15) is 10.2 Å². The number of hydrogen-bond acceptors (Lipinski definition) is 2. The summed E-state index contributed by atoms with van der Waals surface area (Å²) in [6.07, 6.45) is 3.78. The second-order valence-electron chi connectivity index (χ2n) is 7.11. The third-order valence-corrected chi connectivity index (χ3v) is 6.03. The fraction of sp³-hybridized carbons (Fsp3) is 1.00. The lowest BCUT2D eigenvalue weighted by molar-refractivity contribution is -0.213. The maximum absolute atomic E-state index is 10.2. The predicted molar refractivity (Wildman–Crippen MR) is 62.5 cm³/mol. The SMILES string of the molecule is C[C@H]1CC[C@H]2[C@@H]1[C@H]1[C@H](CCC2(O)O)C1(C)C. The van der Waals surface area contributed by atoms with Crippen LogP contribution >= 0.6 is 0 Å². The first kappa shape index (κ1) is 11.0. The molecule has 2 N–H and O–H groups in total. The van der Waals surface area contributed by atoms with Crippen molar-refractivity contribution in [2.75, 3.05) is 0 Å². The Hall–Kier alpha value is -0.0800. The number of fused-ring (bicyclic) bond motifs is 3. The van der Waals surface area contributed by atoms with E-state index in [1.807, 2.05) is 0 Å².